The van der Waals surface area contributed by atoms with E-state index in [1.807, 2.05) is 91.9 Å². The number of hydrogen-bond acceptors (Lipinski definition) is 14. The summed E-state index contributed by atoms with van der Waals surface area (Å²) in [6.45, 7) is 19.2. The Morgan fingerprint density at radius 1 is 0.479 bits per heavy atom. The monoisotopic (exact) mass is 1310 g/mol. The van der Waals surface area contributed by atoms with E-state index in [9.17, 15) is 14.4 Å². The molecule has 4 amide bonds. The molecular weight excluding hydrogens is 1250 g/mol. The topological polar surface area (TPSA) is 380 Å². The van der Waals surface area contributed by atoms with Gasteiger partial charge in [-0.25, -0.2) is 20.4 Å². The number of primary amides is 3. The summed E-state index contributed by atoms with van der Waals surface area (Å²) in [6.07, 6.45) is 7.13. The molecule has 0 unspecified atom stereocenters. The van der Waals surface area contributed by atoms with Crippen LogP contribution in [-0.4, -0.2) is 62.8 Å². The van der Waals surface area contributed by atoms with Crippen molar-refractivity contribution in [2.24, 2.45) is 27.9 Å². The zero-order chi connectivity index (χ0) is 53.1. The maximum absolute atomic E-state index is 11.0. The van der Waals surface area contributed by atoms with Crippen LogP contribution in [0.4, 0.5) is 0 Å². The summed E-state index contributed by atoms with van der Waals surface area (Å²) in [7, 11) is 14.5. The first kappa shape index (κ1) is 85.1. The fourth-order valence-electron chi connectivity index (χ4n) is 5.12. The molecule has 4 heterocycles. The molecule has 4 aromatic carbocycles. The van der Waals surface area contributed by atoms with Crippen LogP contribution in [0, 0.1) is 55.3 Å². The molecule has 73 heavy (non-hydrogen) atoms. The molecule has 0 bridgehead atoms. The minimum Gasteiger partial charge on any atom is -0.693 e. The summed E-state index contributed by atoms with van der Waals surface area (Å²) in [5.74, 6) is -1.99. The number of nitrogens with two attached hydrogens (primary N) is 4. The zero-order valence-corrected chi connectivity index (χ0v) is 54.3. The van der Waals surface area contributed by atoms with Gasteiger partial charge in [0.25, 0.3) is 17.7 Å². The number of amides is 4. The number of carbonyl (C=O) groups excluding carboxylic acids is 4. The van der Waals surface area contributed by atoms with Crippen LogP contribution in [0.25, 0.3) is 55.5 Å². The predicted octanol–water partition coefficient (Wildman–Crippen LogP) is 10.2. The second-order valence-corrected chi connectivity index (χ2v) is 11.7. The Hall–Kier alpha value is -4.70. The fourth-order valence-corrected chi connectivity index (χ4v) is 5.12. The molecule has 4 radical (unpaired) electrons. The van der Waals surface area contributed by atoms with Crippen LogP contribution in [0.2, 0.25) is 0 Å². The largest absolute Gasteiger partial charge is 0.693 e. The first-order chi connectivity index (χ1) is 32.4. The number of aryl methyl sites for hydroxylation is 1. The molecule has 390 valence electrons. The van der Waals surface area contributed by atoms with Gasteiger partial charge in [-0.1, -0.05) is 132 Å². The average Bonchev–Trinajstić information content (AvgIpc) is 4.10. The molecule has 8 aromatic rings. The van der Waals surface area contributed by atoms with E-state index in [1.54, 1.807) is 59.7 Å². The molecule has 0 fully saturated rings. The maximum atomic E-state index is 11.0. The van der Waals surface area contributed by atoms with Gasteiger partial charge in [0.15, 0.2) is 0 Å². The third kappa shape index (κ3) is 31.6. The van der Waals surface area contributed by atoms with E-state index in [-0.39, 0.29) is 137 Å². The third-order valence-corrected chi connectivity index (χ3v) is 7.33. The molecule has 0 saturated carbocycles. The Morgan fingerprint density at radius 2 is 0.658 bits per heavy atom. The number of hydrogen-bond donors (Lipinski definition) is 3. The molecule has 4 aromatic heterocycles. The van der Waals surface area contributed by atoms with E-state index in [2.05, 4.69) is 61.6 Å². The Morgan fingerprint density at radius 3 is 0.849 bits per heavy atom. The van der Waals surface area contributed by atoms with Gasteiger partial charge in [0, 0.05) is 137 Å². The Kier molecular flexibility index (Phi) is 57.7. The average molecular weight is 1310 g/mol. The molecule has 8 rings (SSSR count). The molecule has 0 atom stereocenters. The second kappa shape index (κ2) is 49.5. The van der Waals surface area contributed by atoms with Crippen molar-refractivity contribution in [2.75, 3.05) is 0 Å². The van der Waals surface area contributed by atoms with Crippen molar-refractivity contribution in [1.29, 1.82) is 0 Å². The smallest absolute Gasteiger partial charge is 0.250 e. The Balaban J connectivity index is -0.000000114. The van der Waals surface area contributed by atoms with Crippen molar-refractivity contribution in [3.63, 3.8) is 0 Å². The van der Waals surface area contributed by atoms with Crippen molar-refractivity contribution in [2.45, 2.75) is 69.2 Å². The standard InChI is InChI=1S/3C9H8N3O.C9H9N2.C2H5NO.4C2H6.2HNO2.H2N.4Y/c3*1-12-5-6-3-2-4-7(9(10)13)8(6)11-12;1-7-4-3-5-8-6-11(2)10-9(7)8;1-2(3)4;4*1-2;2*2-1-3;;;;;/h3*2-5H,1H2,(H2,10,13);3-6H,2H2,1H3;1H3,(H2,3,4);4*1-2H3;2*(H,2,3);1H2;;;;/q4*-1;;;;;;;;-1;;;;/p-3. The van der Waals surface area contributed by atoms with E-state index in [0.717, 1.165) is 37.7 Å². The summed E-state index contributed by atoms with van der Waals surface area (Å²) in [4.78, 5) is 58.0. The van der Waals surface area contributed by atoms with Gasteiger partial charge >= 0.3 is 0 Å². The van der Waals surface area contributed by atoms with Gasteiger partial charge in [0.05, 0.1) is 38.8 Å². The summed E-state index contributed by atoms with van der Waals surface area (Å²) < 4.78 is 5.84. The van der Waals surface area contributed by atoms with Crippen molar-refractivity contribution in [1.82, 2.24) is 39.1 Å². The number of carbonyl (C=O) groups is 4. The van der Waals surface area contributed by atoms with Crippen LogP contribution >= 0.6 is 0 Å². The molecule has 0 spiro atoms. The van der Waals surface area contributed by atoms with Crippen molar-refractivity contribution in [3.05, 3.63) is 180 Å². The first-order valence-corrected chi connectivity index (χ1v) is 20.5. The minimum atomic E-state index is -0.583. The molecule has 9 N–H and O–H groups in total. The number of rotatable bonds is 3. The van der Waals surface area contributed by atoms with E-state index < -0.39 is 23.6 Å². The molecule has 0 aliphatic carbocycles. The molecule has 0 aliphatic heterocycles. The summed E-state index contributed by atoms with van der Waals surface area (Å²) in [5, 5.41) is 38.1. The molecular formula is C46H63N15O8Y4-8. The van der Waals surface area contributed by atoms with Crippen LogP contribution in [0.15, 0.2) is 108 Å². The molecule has 27 heteroatoms. The van der Waals surface area contributed by atoms with Gasteiger partial charge in [-0.15, -0.1) is 35.5 Å². The zero-order valence-electron chi connectivity index (χ0n) is 42.9. The quantitative estimate of drug-likeness (QED) is 0.0844. The van der Waals surface area contributed by atoms with Gasteiger partial charge in [-0.2, -0.15) is 28.2 Å². The van der Waals surface area contributed by atoms with Crippen LogP contribution < -0.4 is 17.2 Å². The predicted molar refractivity (Wildman–Crippen MR) is 276 cm³/mol. The van der Waals surface area contributed by atoms with Crippen LogP contribution in [0.1, 0.15) is 99.0 Å². The van der Waals surface area contributed by atoms with E-state index in [0.29, 0.717) is 33.2 Å². The van der Waals surface area contributed by atoms with E-state index in [1.165, 1.54) is 26.5 Å². The Labute approximate surface area is 527 Å². The minimum absolute atomic E-state index is 0. The van der Waals surface area contributed by atoms with Gasteiger partial charge in [0.2, 0.25) is 0 Å². The van der Waals surface area contributed by atoms with Gasteiger partial charge < -0.3 is 72.8 Å². The second-order valence-electron chi connectivity index (χ2n) is 11.7. The summed E-state index contributed by atoms with van der Waals surface area (Å²) in [5.41, 5.74) is 26.8. The number of nitrogens with zero attached hydrogens (tertiary/aromatic N) is 10. The maximum Gasteiger partial charge on any atom is 0.250 e. The number of fused-ring (bicyclic) bond motifs is 4. The van der Waals surface area contributed by atoms with Gasteiger partial charge in [0.1, 0.15) is 0 Å². The van der Waals surface area contributed by atoms with Crippen LogP contribution in [0.3, 0.4) is 0 Å². The van der Waals surface area contributed by atoms with Crippen molar-refractivity contribution < 1.29 is 150 Å². The van der Waals surface area contributed by atoms with E-state index >= 15 is 0 Å². The van der Waals surface area contributed by atoms with Crippen molar-refractivity contribution >= 4 is 67.2 Å². The van der Waals surface area contributed by atoms with Crippen molar-refractivity contribution in [3.8, 4) is 0 Å². The van der Waals surface area contributed by atoms with E-state index in [4.69, 9.17) is 48.0 Å². The fraction of sp³-hybridized carbons (Fsp3) is 0.217. The van der Waals surface area contributed by atoms with Gasteiger partial charge in [-0.3, -0.25) is 14.4 Å². The van der Waals surface area contributed by atoms with Crippen LogP contribution in [0.5, 0.6) is 0 Å². The normalized spacial score (nSPS) is 8.19. The summed E-state index contributed by atoms with van der Waals surface area (Å²) >= 11 is 0. The third-order valence-electron chi connectivity index (χ3n) is 7.33. The van der Waals surface area contributed by atoms with Gasteiger partial charge in [-0.05, 0) is 37.6 Å². The molecule has 23 nitrogen and oxygen atoms in total. The SMILES string of the molecule is CC.CC.CC.CC.CC([NH-])=O.O=N[O-].O=N[O-].[CH2-]n1cc2cccc(C(N)=O)c2n1.[CH2-]n1cc2cccc(C(N)=O)c2n1.[CH2-]n1cc2cccc(C(N)=O)c2n1.[CH2-]n1cc2cccc(C)c2n1.[NH2-].[Y].[Y].[Y].[Y]. The molecule has 0 saturated heterocycles. The van der Waals surface area contributed by atoms with Crippen LogP contribution in [-0.2, 0) is 136 Å². The Bertz CT molecular complexity index is 2540. The first-order valence-electron chi connectivity index (χ1n) is 20.5. The number of benzene rings is 4. The number of aromatic nitrogens is 8. The number of nitrogens with one attached hydrogen (secondary N) is 1. The summed E-state index contributed by atoms with van der Waals surface area (Å²) in [6, 6.07) is 21.9. The molecule has 0 aliphatic rings.